The Morgan fingerprint density at radius 1 is 1.28 bits per heavy atom. The Hall–Kier alpha value is -1.89. The highest BCUT2D eigenvalue weighted by Crippen LogP contribution is 2.02. The number of hydrogen-bond acceptors (Lipinski definition) is 4. The van der Waals surface area contributed by atoms with Crippen LogP contribution < -0.4 is 11.2 Å². The Bertz CT molecular complexity index is 635. The third-order valence-electron chi connectivity index (χ3n) is 3.06. The van der Waals surface area contributed by atoms with Gasteiger partial charge in [0.05, 0.1) is 6.33 Å². The van der Waals surface area contributed by atoms with Crippen LogP contribution >= 0.6 is 0 Å². The van der Waals surface area contributed by atoms with E-state index in [9.17, 15) is 9.59 Å². The van der Waals surface area contributed by atoms with Gasteiger partial charge in [-0.25, -0.2) is 9.78 Å². The lowest BCUT2D eigenvalue weighted by Crippen LogP contribution is -2.28. The summed E-state index contributed by atoms with van der Waals surface area (Å²) in [5.41, 5.74) is -0.169. The number of hydrogen-bond donors (Lipinski definition) is 2. The zero-order chi connectivity index (χ0) is 13.1. The fourth-order valence-corrected chi connectivity index (χ4v) is 1.97. The summed E-state index contributed by atoms with van der Waals surface area (Å²) >= 11 is 0. The van der Waals surface area contributed by atoms with Crippen molar-refractivity contribution >= 4 is 11.2 Å². The summed E-state index contributed by atoms with van der Waals surface area (Å²) in [4.78, 5) is 33.8. The molecule has 0 fully saturated rings. The van der Waals surface area contributed by atoms with Gasteiger partial charge in [-0.2, -0.15) is 0 Å². The number of aromatic amines is 2. The number of rotatable bonds is 5. The van der Waals surface area contributed by atoms with Gasteiger partial charge in [-0.05, 0) is 13.1 Å². The van der Waals surface area contributed by atoms with Gasteiger partial charge in [0.2, 0.25) is 0 Å². The molecule has 0 aliphatic carbocycles. The molecule has 2 heterocycles. The molecule has 0 spiro atoms. The van der Waals surface area contributed by atoms with Crippen molar-refractivity contribution in [3.05, 3.63) is 27.2 Å². The topological polar surface area (TPSA) is 86.8 Å². The van der Waals surface area contributed by atoms with Crippen molar-refractivity contribution in [3.8, 4) is 0 Å². The molecule has 2 rings (SSSR count). The quantitative estimate of drug-likeness (QED) is 0.767. The van der Waals surface area contributed by atoms with Gasteiger partial charge in [0.15, 0.2) is 11.2 Å². The lowest BCUT2D eigenvalue weighted by molar-refractivity contribution is 0.292. The molecule has 0 saturated heterocycles. The molecule has 7 heteroatoms. The van der Waals surface area contributed by atoms with Crippen LogP contribution in [0.2, 0.25) is 0 Å². The minimum Gasteiger partial charge on any atom is -0.323 e. The monoisotopic (exact) mass is 251 g/mol. The van der Waals surface area contributed by atoms with Crippen LogP contribution in [0.3, 0.4) is 0 Å². The molecule has 18 heavy (non-hydrogen) atoms. The number of likely N-dealkylation sites (N-methyl/N-ethyl adjacent to an activating group) is 1. The normalized spacial score (nSPS) is 11.5. The van der Waals surface area contributed by atoms with Crippen LogP contribution in [-0.4, -0.2) is 44.1 Å². The summed E-state index contributed by atoms with van der Waals surface area (Å²) in [5, 5.41) is 0. The van der Waals surface area contributed by atoms with Crippen LogP contribution in [0.5, 0.6) is 0 Å². The highest BCUT2D eigenvalue weighted by molar-refractivity contribution is 5.68. The highest BCUT2D eigenvalue weighted by atomic mass is 16.2. The van der Waals surface area contributed by atoms with Crippen molar-refractivity contribution in [2.75, 3.05) is 19.6 Å². The van der Waals surface area contributed by atoms with E-state index < -0.39 is 11.2 Å². The molecule has 2 N–H and O–H groups in total. The Labute approximate surface area is 103 Å². The molecule has 0 atom stereocenters. The molecule has 0 unspecified atom stereocenters. The maximum atomic E-state index is 11.7. The molecule has 0 aromatic carbocycles. The summed E-state index contributed by atoms with van der Waals surface area (Å²) in [6.07, 6.45) is 1.58. The molecule has 0 aliphatic rings. The van der Waals surface area contributed by atoms with Crippen molar-refractivity contribution in [3.63, 3.8) is 0 Å². The molecule has 7 nitrogen and oxygen atoms in total. The molecule has 2 aromatic heterocycles. The average Bonchev–Trinajstić information content (AvgIpc) is 2.73. The van der Waals surface area contributed by atoms with Crippen LogP contribution in [0.15, 0.2) is 15.9 Å². The van der Waals surface area contributed by atoms with Crippen molar-refractivity contribution in [1.29, 1.82) is 0 Å². The van der Waals surface area contributed by atoms with Crippen LogP contribution in [-0.2, 0) is 6.54 Å². The van der Waals surface area contributed by atoms with Crippen molar-refractivity contribution in [2.45, 2.75) is 20.4 Å². The van der Waals surface area contributed by atoms with Gasteiger partial charge < -0.3 is 9.47 Å². The molecule has 0 bridgehead atoms. The summed E-state index contributed by atoms with van der Waals surface area (Å²) in [6.45, 7) is 7.65. The second-order valence-electron chi connectivity index (χ2n) is 4.07. The predicted molar refractivity (Wildman–Crippen MR) is 68.8 cm³/mol. The zero-order valence-corrected chi connectivity index (χ0v) is 10.6. The van der Waals surface area contributed by atoms with Crippen LogP contribution in [0.25, 0.3) is 11.2 Å². The summed E-state index contributed by atoms with van der Waals surface area (Å²) in [7, 11) is 0. The second kappa shape index (κ2) is 5.18. The highest BCUT2D eigenvalue weighted by Gasteiger charge is 2.09. The van der Waals surface area contributed by atoms with Crippen LogP contribution in [0.4, 0.5) is 0 Å². The predicted octanol–water partition coefficient (Wildman–Crippen LogP) is -0.245. The fourth-order valence-electron chi connectivity index (χ4n) is 1.97. The summed E-state index contributed by atoms with van der Waals surface area (Å²) in [5.74, 6) is 0. The largest absolute Gasteiger partial charge is 0.327 e. The number of aromatic nitrogens is 4. The molecule has 0 radical (unpaired) electrons. The van der Waals surface area contributed by atoms with E-state index >= 15 is 0 Å². The standard InChI is InChI=1S/C11H17N5O2/c1-3-15(4-2)5-6-16-7-12-9-8(16)10(17)14-11(18)13-9/h7H,3-6H2,1-2H3,(H2,13,14,17,18). The van der Waals surface area contributed by atoms with Gasteiger partial charge in [-0.15, -0.1) is 0 Å². The second-order valence-corrected chi connectivity index (χ2v) is 4.07. The van der Waals surface area contributed by atoms with E-state index in [0.717, 1.165) is 19.6 Å². The van der Waals surface area contributed by atoms with Crippen molar-refractivity contribution < 1.29 is 0 Å². The fraction of sp³-hybridized carbons (Fsp3) is 0.545. The van der Waals surface area contributed by atoms with E-state index in [1.54, 1.807) is 10.9 Å². The van der Waals surface area contributed by atoms with E-state index in [1.165, 1.54) is 0 Å². The van der Waals surface area contributed by atoms with E-state index in [1.807, 2.05) is 0 Å². The average molecular weight is 251 g/mol. The summed E-state index contributed by atoms with van der Waals surface area (Å²) < 4.78 is 1.77. The third kappa shape index (κ3) is 2.35. The molecular weight excluding hydrogens is 234 g/mol. The molecule has 98 valence electrons. The minimum atomic E-state index is -0.526. The van der Waals surface area contributed by atoms with E-state index in [-0.39, 0.29) is 0 Å². The number of imidazole rings is 1. The van der Waals surface area contributed by atoms with E-state index in [0.29, 0.717) is 17.7 Å². The number of nitrogens with zero attached hydrogens (tertiary/aromatic N) is 3. The van der Waals surface area contributed by atoms with Crippen LogP contribution in [0.1, 0.15) is 13.8 Å². The van der Waals surface area contributed by atoms with Gasteiger partial charge in [0, 0.05) is 13.1 Å². The number of H-pyrrole nitrogens is 2. The first-order valence-corrected chi connectivity index (χ1v) is 6.05. The lowest BCUT2D eigenvalue weighted by Gasteiger charge is -2.17. The SMILES string of the molecule is CCN(CC)CCn1cnc2[nH]c(=O)[nH]c(=O)c21. The first-order valence-electron chi connectivity index (χ1n) is 6.05. The maximum absolute atomic E-state index is 11.7. The smallest absolute Gasteiger partial charge is 0.323 e. The lowest BCUT2D eigenvalue weighted by atomic mass is 10.4. The maximum Gasteiger partial charge on any atom is 0.327 e. The number of fused-ring (bicyclic) bond motifs is 1. The van der Waals surface area contributed by atoms with E-state index in [4.69, 9.17) is 0 Å². The van der Waals surface area contributed by atoms with Gasteiger partial charge in [0.1, 0.15) is 0 Å². The van der Waals surface area contributed by atoms with Gasteiger partial charge in [-0.3, -0.25) is 14.8 Å². The van der Waals surface area contributed by atoms with Gasteiger partial charge in [0.25, 0.3) is 5.56 Å². The minimum absolute atomic E-state index is 0.336. The Morgan fingerprint density at radius 3 is 2.67 bits per heavy atom. The van der Waals surface area contributed by atoms with Crippen molar-refractivity contribution in [1.82, 2.24) is 24.4 Å². The first-order chi connectivity index (χ1) is 8.65. The van der Waals surface area contributed by atoms with Gasteiger partial charge >= 0.3 is 5.69 Å². The summed E-state index contributed by atoms with van der Waals surface area (Å²) in [6, 6.07) is 0. The van der Waals surface area contributed by atoms with Crippen LogP contribution in [0, 0.1) is 0 Å². The Balaban J connectivity index is 2.30. The zero-order valence-electron chi connectivity index (χ0n) is 10.6. The molecule has 0 amide bonds. The Morgan fingerprint density at radius 2 is 2.00 bits per heavy atom. The molecular formula is C11H17N5O2. The molecule has 2 aromatic rings. The number of nitrogens with one attached hydrogen (secondary N) is 2. The molecule has 0 aliphatic heterocycles. The van der Waals surface area contributed by atoms with Gasteiger partial charge in [-0.1, -0.05) is 13.8 Å². The third-order valence-corrected chi connectivity index (χ3v) is 3.06. The Kier molecular flexibility index (Phi) is 3.61. The molecule has 0 saturated carbocycles. The van der Waals surface area contributed by atoms with Crippen molar-refractivity contribution in [2.24, 2.45) is 0 Å². The van der Waals surface area contributed by atoms with E-state index in [2.05, 4.69) is 33.7 Å². The first kappa shape index (κ1) is 12.6.